The fourth-order valence-corrected chi connectivity index (χ4v) is 2.89. The van der Waals surface area contributed by atoms with Crippen molar-refractivity contribution in [3.05, 3.63) is 36.1 Å². The van der Waals surface area contributed by atoms with Gasteiger partial charge in [-0.25, -0.2) is 12.1 Å². The number of amides is 1. The summed E-state index contributed by atoms with van der Waals surface area (Å²) in [6.07, 6.45) is 4.77. The van der Waals surface area contributed by atoms with Gasteiger partial charge in [-0.05, 0) is 31.1 Å². The van der Waals surface area contributed by atoms with Gasteiger partial charge in [0.25, 0.3) is 0 Å². The SMILES string of the molecule is C[SiH]C.[Cl-].[Cl-].[Hf+4].[NH-]C(=O)C1CC2CCC1C2.c1cc[cH-]c1. The molecular weight excluding hydrogens is 488 g/mol. The van der Waals surface area contributed by atoms with Crippen LogP contribution in [0, 0.1) is 17.8 Å². The first kappa shape index (κ1) is 26.4. The van der Waals surface area contributed by atoms with Crippen LogP contribution in [-0.2, 0) is 30.6 Å². The molecule has 3 unspecified atom stereocenters. The van der Waals surface area contributed by atoms with Crippen LogP contribution in [0.4, 0.5) is 0 Å². The first-order valence-corrected chi connectivity index (χ1v) is 9.16. The molecule has 1 aromatic carbocycles. The van der Waals surface area contributed by atoms with Gasteiger partial charge in [0.2, 0.25) is 0 Å². The van der Waals surface area contributed by atoms with E-state index in [1.165, 1.54) is 19.3 Å². The Morgan fingerprint density at radius 3 is 1.86 bits per heavy atom. The van der Waals surface area contributed by atoms with Crippen LogP contribution in [0.15, 0.2) is 30.3 Å². The number of hydrogen-bond donors (Lipinski definition) is 0. The van der Waals surface area contributed by atoms with Crippen molar-refractivity contribution in [3.63, 3.8) is 0 Å². The van der Waals surface area contributed by atoms with Gasteiger partial charge in [-0.1, -0.05) is 19.5 Å². The maximum Gasteiger partial charge on any atom is 4.00 e. The molecule has 21 heavy (non-hydrogen) atoms. The van der Waals surface area contributed by atoms with Gasteiger partial charge in [0.05, 0.1) is 5.91 Å². The molecule has 2 aliphatic carbocycles. The Hall–Kier alpha value is 0.487. The van der Waals surface area contributed by atoms with Gasteiger partial charge in [-0.15, -0.1) is 0 Å². The fourth-order valence-electron chi connectivity index (χ4n) is 2.89. The summed E-state index contributed by atoms with van der Waals surface area (Å²) in [7, 11) is 0.750. The summed E-state index contributed by atoms with van der Waals surface area (Å²) in [4.78, 5) is 10.7. The van der Waals surface area contributed by atoms with Crippen molar-refractivity contribution in [2.45, 2.75) is 38.8 Å². The second-order valence-corrected chi connectivity index (χ2v) is 6.34. The molecule has 6 heteroatoms. The molecule has 1 amide bonds. The van der Waals surface area contributed by atoms with Crippen molar-refractivity contribution >= 4 is 15.4 Å². The molecule has 0 aliphatic heterocycles. The van der Waals surface area contributed by atoms with Gasteiger partial charge in [-0.2, -0.15) is 18.2 Å². The van der Waals surface area contributed by atoms with E-state index >= 15 is 0 Å². The van der Waals surface area contributed by atoms with Crippen LogP contribution in [0.2, 0.25) is 13.1 Å². The van der Waals surface area contributed by atoms with E-state index < -0.39 is 0 Å². The standard InChI is InChI=1S/C8H13NO.C5H5.C2H7Si.2ClH.Hf/c9-8(10)7-4-5-1-2-6(7)3-5;1-2-4-5-3-1;1-3-2;;;/h5-7H,1-4H2,(H2,9,10);1-5H;3H,1-2H3;2*1H;/q;-1;;;;+4/p-3. The average Bonchev–Trinajstić information content (AvgIpc) is 3.09. The Bertz CT molecular complexity index is 321. The second kappa shape index (κ2) is 15.4. The van der Waals surface area contributed by atoms with Crippen molar-refractivity contribution < 1.29 is 55.5 Å². The van der Waals surface area contributed by atoms with E-state index in [1.807, 2.05) is 30.3 Å². The zero-order chi connectivity index (χ0) is 13.4. The molecule has 1 radical (unpaired) electrons. The molecule has 2 bridgehead atoms. The van der Waals surface area contributed by atoms with Crippen molar-refractivity contribution in [2.75, 3.05) is 0 Å². The van der Waals surface area contributed by atoms with E-state index in [1.54, 1.807) is 0 Å². The first-order valence-electron chi connectivity index (χ1n) is 6.85. The third kappa shape index (κ3) is 9.98. The van der Waals surface area contributed by atoms with Crippen molar-refractivity contribution in [2.24, 2.45) is 17.8 Å². The summed E-state index contributed by atoms with van der Waals surface area (Å²) < 4.78 is 0. The Balaban J connectivity index is -0.000000256. The molecule has 2 fully saturated rings. The van der Waals surface area contributed by atoms with E-state index in [0.29, 0.717) is 5.92 Å². The van der Waals surface area contributed by atoms with Gasteiger partial charge in [0.15, 0.2) is 0 Å². The molecule has 117 valence electrons. The minimum absolute atomic E-state index is 0. The number of nitrogens with one attached hydrogen (secondary N) is 1. The van der Waals surface area contributed by atoms with Crippen LogP contribution in [-0.4, -0.2) is 15.4 Å². The van der Waals surface area contributed by atoms with Crippen LogP contribution < -0.4 is 24.8 Å². The van der Waals surface area contributed by atoms with Crippen LogP contribution >= 0.6 is 0 Å². The predicted molar refractivity (Wildman–Crippen MR) is 79.2 cm³/mol. The molecule has 1 N–H and O–H groups in total. The van der Waals surface area contributed by atoms with Crippen molar-refractivity contribution in [3.8, 4) is 0 Å². The number of carbonyl (C=O) groups excluding carboxylic acids is 1. The quantitative estimate of drug-likeness (QED) is 0.316. The summed E-state index contributed by atoms with van der Waals surface area (Å²) >= 11 is 0. The van der Waals surface area contributed by atoms with E-state index in [2.05, 4.69) is 13.1 Å². The Kier molecular flexibility index (Phi) is 19.3. The van der Waals surface area contributed by atoms with Crippen molar-refractivity contribution in [1.82, 2.24) is 0 Å². The van der Waals surface area contributed by atoms with Gasteiger partial charge >= 0.3 is 25.8 Å². The van der Waals surface area contributed by atoms with Crippen LogP contribution in [0.5, 0.6) is 0 Å². The number of fused-ring (bicyclic) bond motifs is 2. The van der Waals surface area contributed by atoms with Gasteiger partial charge in [0, 0.05) is 15.4 Å². The summed E-state index contributed by atoms with van der Waals surface area (Å²) in [5.74, 6) is 1.20. The van der Waals surface area contributed by atoms with Crippen LogP contribution in [0.25, 0.3) is 5.73 Å². The first-order chi connectivity index (χ1) is 8.69. The molecule has 2 aliphatic rings. The summed E-state index contributed by atoms with van der Waals surface area (Å²) in [6, 6.07) is 10.0. The molecule has 0 aromatic heterocycles. The smallest absolute Gasteiger partial charge is 1.00 e. The molecule has 1 aromatic rings. The van der Waals surface area contributed by atoms with Crippen molar-refractivity contribution in [1.29, 1.82) is 0 Å². The van der Waals surface area contributed by atoms with Gasteiger partial charge < -0.3 is 35.3 Å². The third-order valence-corrected chi connectivity index (χ3v) is 3.63. The van der Waals surface area contributed by atoms with E-state index in [0.717, 1.165) is 21.9 Å². The summed E-state index contributed by atoms with van der Waals surface area (Å²) in [6.45, 7) is 4.42. The average molecular weight is 512 g/mol. The molecule has 0 heterocycles. The normalized spacial score (nSPS) is 23.8. The van der Waals surface area contributed by atoms with Crippen LogP contribution in [0.3, 0.4) is 0 Å². The molecule has 2 saturated carbocycles. The Morgan fingerprint density at radius 2 is 1.67 bits per heavy atom. The molecule has 2 nitrogen and oxygen atoms in total. The zero-order valence-corrected chi connectivity index (χ0v) is 18.9. The zero-order valence-electron chi connectivity index (χ0n) is 12.7. The molecular formula is C15H24Cl2HfNOSi. The molecule has 0 saturated heterocycles. The van der Waals surface area contributed by atoms with Crippen LogP contribution in [0.1, 0.15) is 25.7 Å². The van der Waals surface area contributed by atoms with Gasteiger partial charge in [-0.3, -0.25) is 0 Å². The minimum Gasteiger partial charge on any atom is -1.00 e. The maximum atomic E-state index is 10.7. The summed E-state index contributed by atoms with van der Waals surface area (Å²) in [5, 5.41) is 0. The minimum atomic E-state index is -0.313. The maximum absolute atomic E-state index is 10.7. The Labute approximate surface area is 162 Å². The largest absolute Gasteiger partial charge is 4.00 e. The second-order valence-electron chi connectivity index (χ2n) is 5.19. The van der Waals surface area contributed by atoms with E-state index in [-0.39, 0.29) is 62.5 Å². The Morgan fingerprint density at radius 1 is 1.14 bits per heavy atom. The van der Waals surface area contributed by atoms with E-state index in [9.17, 15) is 4.79 Å². The number of hydrogen-bond acceptors (Lipinski definition) is 1. The monoisotopic (exact) mass is 512 g/mol. The van der Waals surface area contributed by atoms with E-state index in [4.69, 9.17) is 5.73 Å². The molecule has 3 atom stereocenters. The van der Waals surface area contributed by atoms with Gasteiger partial charge in [0.1, 0.15) is 0 Å². The fraction of sp³-hybridized carbons (Fsp3) is 0.600. The number of carbonyl (C=O) groups is 1. The number of halogens is 2. The topological polar surface area (TPSA) is 40.9 Å². The predicted octanol–water partition coefficient (Wildman–Crippen LogP) is -2.07. The molecule has 0 spiro atoms. The number of rotatable bonds is 1. The molecule has 3 rings (SSSR count). The third-order valence-electron chi connectivity index (χ3n) is 3.63. The summed E-state index contributed by atoms with van der Waals surface area (Å²) in [5.41, 5.74) is 6.99.